The number of hydrogen-bond acceptors (Lipinski definition) is 5. The highest BCUT2D eigenvalue weighted by Gasteiger charge is 2.39. The normalized spacial score (nSPS) is 11.3. The molecule has 0 unspecified atom stereocenters. The zero-order valence-electron chi connectivity index (χ0n) is 16.2. The first-order valence-electron chi connectivity index (χ1n) is 9.22. The number of nitrogens with zero attached hydrogens (tertiary/aromatic N) is 1. The molecule has 0 atom stereocenters. The molecule has 31 heavy (non-hydrogen) atoms. The number of halogens is 1. The maximum absolute atomic E-state index is 13.0. The molecule has 0 radical (unpaired) electrons. The van der Waals surface area contributed by atoms with Crippen LogP contribution in [0.15, 0.2) is 88.4 Å². The highest BCUT2D eigenvalue weighted by molar-refractivity contribution is 9.10. The van der Waals surface area contributed by atoms with Crippen molar-refractivity contribution in [1.29, 1.82) is 0 Å². The van der Waals surface area contributed by atoms with Crippen LogP contribution in [0.1, 0.15) is 16.7 Å². The summed E-state index contributed by atoms with van der Waals surface area (Å²) >= 11 is 3.33. The van der Waals surface area contributed by atoms with E-state index in [1.54, 1.807) is 78.9 Å². The van der Waals surface area contributed by atoms with E-state index in [1.165, 1.54) is 6.21 Å². The summed E-state index contributed by atoms with van der Waals surface area (Å²) in [6, 6.07) is 22.1. The van der Waals surface area contributed by atoms with Crippen LogP contribution in [0.5, 0.6) is 5.75 Å². The Labute approximate surface area is 187 Å². The largest absolute Gasteiger partial charge is 0.481 e. The number of amides is 1. The quantitative estimate of drug-likeness (QED) is 0.337. The van der Waals surface area contributed by atoms with E-state index in [2.05, 4.69) is 26.5 Å². The van der Waals surface area contributed by atoms with E-state index >= 15 is 0 Å². The van der Waals surface area contributed by atoms with Gasteiger partial charge in [-0.1, -0.05) is 76.6 Å². The van der Waals surface area contributed by atoms with Gasteiger partial charge < -0.3 is 14.9 Å². The molecule has 0 aliphatic heterocycles. The number of carboxylic acids is 1. The molecule has 0 aliphatic carbocycles. The summed E-state index contributed by atoms with van der Waals surface area (Å²) in [5.74, 6) is -1.58. The summed E-state index contributed by atoms with van der Waals surface area (Å²) in [6.07, 6.45) is 1.32. The lowest BCUT2D eigenvalue weighted by molar-refractivity contribution is -0.139. The number of carboxylic acid groups (broad SMARTS) is 1. The van der Waals surface area contributed by atoms with E-state index in [0.717, 1.165) is 0 Å². The van der Waals surface area contributed by atoms with Gasteiger partial charge in [-0.25, -0.2) is 10.2 Å². The Morgan fingerprint density at radius 1 is 1.00 bits per heavy atom. The van der Waals surface area contributed by atoms with Crippen LogP contribution in [0.25, 0.3) is 0 Å². The lowest BCUT2D eigenvalue weighted by atomic mass is 9.85. The van der Waals surface area contributed by atoms with Gasteiger partial charge in [0.15, 0.2) is 12.2 Å². The molecular weight excluding hydrogens is 464 g/mol. The van der Waals surface area contributed by atoms with Crippen LogP contribution in [-0.4, -0.2) is 34.9 Å². The SMILES string of the molecule is O=C(O)COc1ccc(Br)cc1/C=N/NC(=O)C(O)(c1ccccc1)c1ccccc1. The van der Waals surface area contributed by atoms with E-state index in [0.29, 0.717) is 21.2 Å². The fourth-order valence-electron chi connectivity index (χ4n) is 2.92. The van der Waals surface area contributed by atoms with Crippen molar-refractivity contribution in [2.24, 2.45) is 5.10 Å². The number of ether oxygens (including phenoxy) is 1. The number of nitrogens with one attached hydrogen (secondary N) is 1. The zero-order valence-corrected chi connectivity index (χ0v) is 17.8. The van der Waals surface area contributed by atoms with Crippen LogP contribution >= 0.6 is 15.9 Å². The van der Waals surface area contributed by atoms with Crippen molar-refractivity contribution in [2.45, 2.75) is 5.60 Å². The standard InChI is InChI=1S/C23H19BrN2O5/c24-19-11-12-20(31-15-21(27)28)16(13-19)14-25-26-22(29)23(30,17-7-3-1-4-8-17)18-9-5-2-6-10-18/h1-14,30H,15H2,(H,26,29)(H,27,28)/b25-14+. The monoisotopic (exact) mass is 482 g/mol. The van der Waals surface area contributed by atoms with Gasteiger partial charge in [-0.2, -0.15) is 5.10 Å². The average molecular weight is 483 g/mol. The van der Waals surface area contributed by atoms with Crippen LogP contribution < -0.4 is 10.2 Å². The van der Waals surface area contributed by atoms with Crippen LogP contribution in [0.4, 0.5) is 0 Å². The second-order valence-corrected chi connectivity index (χ2v) is 7.42. The molecule has 0 heterocycles. The number of carbonyl (C=O) groups is 2. The van der Waals surface area contributed by atoms with E-state index in [-0.39, 0.29) is 5.75 Å². The molecule has 3 N–H and O–H groups in total. The minimum absolute atomic E-state index is 0.282. The summed E-state index contributed by atoms with van der Waals surface area (Å²) < 4.78 is 5.96. The number of aliphatic hydroxyl groups is 1. The second kappa shape index (κ2) is 10.0. The minimum atomic E-state index is -1.96. The lowest BCUT2D eigenvalue weighted by Gasteiger charge is -2.27. The number of carbonyl (C=O) groups excluding carboxylic acids is 1. The Balaban J connectivity index is 1.86. The van der Waals surface area contributed by atoms with E-state index in [1.807, 2.05) is 0 Å². The third-order valence-corrected chi connectivity index (χ3v) is 4.90. The smallest absolute Gasteiger partial charge is 0.341 e. The molecule has 0 aromatic heterocycles. The Hall–Kier alpha value is -3.49. The molecule has 0 saturated heterocycles. The van der Waals surface area contributed by atoms with Gasteiger partial charge in [0.25, 0.3) is 5.91 Å². The third-order valence-electron chi connectivity index (χ3n) is 4.40. The molecule has 8 heteroatoms. The van der Waals surface area contributed by atoms with Crippen molar-refractivity contribution < 1.29 is 24.5 Å². The molecule has 7 nitrogen and oxygen atoms in total. The van der Waals surface area contributed by atoms with Crippen molar-refractivity contribution in [3.8, 4) is 5.75 Å². The molecule has 158 valence electrons. The molecule has 0 fully saturated rings. The van der Waals surface area contributed by atoms with E-state index in [4.69, 9.17) is 9.84 Å². The summed E-state index contributed by atoms with van der Waals surface area (Å²) in [4.78, 5) is 23.8. The molecule has 1 amide bonds. The summed E-state index contributed by atoms with van der Waals surface area (Å²) in [7, 11) is 0. The highest BCUT2D eigenvalue weighted by atomic mass is 79.9. The van der Waals surface area contributed by atoms with Crippen LogP contribution in [0, 0.1) is 0 Å². The van der Waals surface area contributed by atoms with Crippen LogP contribution in [-0.2, 0) is 15.2 Å². The van der Waals surface area contributed by atoms with Gasteiger partial charge in [0.05, 0.1) is 6.21 Å². The van der Waals surface area contributed by atoms with Crippen molar-refractivity contribution in [3.63, 3.8) is 0 Å². The van der Waals surface area contributed by atoms with Gasteiger partial charge in [0.2, 0.25) is 0 Å². The van der Waals surface area contributed by atoms with Gasteiger partial charge in [-0.3, -0.25) is 4.79 Å². The number of aliphatic carboxylic acids is 1. The second-order valence-electron chi connectivity index (χ2n) is 6.51. The average Bonchev–Trinajstić information content (AvgIpc) is 2.79. The van der Waals surface area contributed by atoms with Gasteiger partial charge in [0, 0.05) is 10.0 Å². The van der Waals surface area contributed by atoms with Crippen LogP contribution in [0.2, 0.25) is 0 Å². The van der Waals surface area contributed by atoms with Crippen molar-refractivity contribution in [3.05, 3.63) is 100 Å². The van der Waals surface area contributed by atoms with Gasteiger partial charge in [-0.15, -0.1) is 0 Å². The first-order valence-corrected chi connectivity index (χ1v) is 10.0. The van der Waals surface area contributed by atoms with Crippen molar-refractivity contribution >= 4 is 34.0 Å². The van der Waals surface area contributed by atoms with Crippen molar-refractivity contribution in [2.75, 3.05) is 6.61 Å². The minimum Gasteiger partial charge on any atom is -0.481 e. The predicted molar refractivity (Wildman–Crippen MR) is 119 cm³/mol. The van der Waals surface area contributed by atoms with Gasteiger partial charge >= 0.3 is 5.97 Å². The highest BCUT2D eigenvalue weighted by Crippen LogP contribution is 2.30. The maximum Gasteiger partial charge on any atom is 0.341 e. The fraction of sp³-hybridized carbons (Fsp3) is 0.0870. The first-order chi connectivity index (χ1) is 14.9. The summed E-state index contributed by atoms with van der Waals surface area (Å²) in [6.45, 7) is -0.517. The molecule has 0 spiro atoms. The topological polar surface area (TPSA) is 108 Å². The zero-order chi connectivity index (χ0) is 22.3. The molecule has 0 aliphatic rings. The maximum atomic E-state index is 13.0. The fourth-order valence-corrected chi connectivity index (χ4v) is 3.30. The Morgan fingerprint density at radius 2 is 1.58 bits per heavy atom. The van der Waals surface area contributed by atoms with E-state index in [9.17, 15) is 14.7 Å². The molecule has 3 aromatic rings. The van der Waals surface area contributed by atoms with Gasteiger partial charge in [0.1, 0.15) is 5.75 Å². The first kappa shape index (κ1) is 22.2. The third kappa shape index (κ3) is 5.36. The number of rotatable bonds is 8. The van der Waals surface area contributed by atoms with Crippen molar-refractivity contribution in [1.82, 2.24) is 5.43 Å². The Bertz CT molecular complexity index is 1050. The molecule has 0 saturated carbocycles. The lowest BCUT2D eigenvalue weighted by Crippen LogP contribution is -2.43. The number of hydrogen-bond donors (Lipinski definition) is 3. The molecule has 3 rings (SSSR count). The number of benzene rings is 3. The van der Waals surface area contributed by atoms with Gasteiger partial charge in [-0.05, 0) is 29.3 Å². The molecule has 0 bridgehead atoms. The Kier molecular flexibility index (Phi) is 7.17. The Morgan fingerprint density at radius 3 is 2.13 bits per heavy atom. The van der Waals surface area contributed by atoms with Crippen LogP contribution in [0.3, 0.4) is 0 Å². The number of hydrazone groups is 1. The summed E-state index contributed by atoms with van der Waals surface area (Å²) in [5, 5.41) is 24.2. The van der Waals surface area contributed by atoms with E-state index < -0.39 is 24.1 Å². The molecular formula is C23H19BrN2O5. The predicted octanol–water partition coefficient (Wildman–Crippen LogP) is 3.30. The summed E-state index contributed by atoms with van der Waals surface area (Å²) in [5.41, 5.74) is 1.64. The molecule has 3 aromatic carbocycles.